The number of hydrogen-bond acceptors (Lipinski definition) is 5. The van der Waals surface area contributed by atoms with Crippen molar-refractivity contribution in [3.05, 3.63) is 46.5 Å². The molecule has 1 aromatic carbocycles. The first-order valence-corrected chi connectivity index (χ1v) is 9.65. The summed E-state index contributed by atoms with van der Waals surface area (Å²) in [5.41, 5.74) is 2.71. The van der Waals surface area contributed by atoms with Gasteiger partial charge in [0.25, 0.3) is 0 Å². The third-order valence-electron chi connectivity index (χ3n) is 4.58. The van der Waals surface area contributed by atoms with Crippen LogP contribution in [0.15, 0.2) is 36.0 Å². The maximum absolute atomic E-state index is 11.1. The summed E-state index contributed by atoms with van der Waals surface area (Å²) in [6, 6.07) is 8.69. The van der Waals surface area contributed by atoms with Crippen LogP contribution in [0.5, 0.6) is 5.75 Å². The highest BCUT2D eigenvalue weighted by Crippen LogP contribution is 2.28. The molecule has 138 valence electrons. The molecular weight excluding hydrogens is 346 g/mol. The molecule has 0 unspecified atom stereocenters. The van der Waals surface area contributed by atoms with Crippen molar-refractivity contribution in [2.45, 2.75) is 39.3 Å². The molecule has 1 saturated heterocycles. The third kappa shape index (κ3) is 4.93. The van der Waals surface area contributed by atoms with E-state index in [2.05, 4.69) is 40.3 Å². The lowest BCUT2D eigenvalue weighted by atomic mass is 9.95. The van der Waals surface area contributed by atoms with Crippen molar-refractivity contribution in [3.8, 4) is 5.75 Å². The number of thiazole rings is 1. The summed E-state index contributed by atoms with van der Waals surface area (Å²) in [5, 5.41) is 3.43. The highest BCUT2D eigenvalue weighted by molar-refractivity contribution is 7.15. The number of nitrogens with one attached hydrogen (secondary N) is 1. The average molecular weight is 372 g/mol. The Morgan fingerprint density at radius 3 is 2.85 bits per heavy atom. The van der Waals surface area contributed by atoms with E-state index in [-0.39, 0.29) is 5.91 Å². The lowest BCUT2D eigenvalue weighted by molar-refractivity contribution is -0.114. The molecule has 0 saturated carbocycles. The molecule has 6 heteroatoms. The molecule has 1 amide bonds. The molecule has 1 aliphatic heterocycles. The number of nitrogens with zero attached hydrogens (tertiary/aromatic N) is 2. The number of likely N-dealkylation sites (tertiary alicyclic amines) is 1. The second-order valence-corrected chi connectivity index (χ2v) is 7.78. The summed E-state index contributed by atoms with van der Waals surface area (Å²) < 4.78 is 5.22. The third-order valence-corrected chi connectivity index (χ3v) is 5.48. The van der Waals surface area contributed by atoms with Gasteiger partial charge < -0.3 is 10.1 Å². The van der Waals surface area contributed by atoms with Gasteiger partial charge in [0, 0.05) is 37.1 Å². The van der Waals surface area contributed by atoms with Gasteiger partial charge in [0.15, 0.2) is 5.13 Å². The van der Waals surface area contributed by atoms with E-state index in [0.29, 0.717) is 11.2 Å². The van der Waals surface area contributed by atoms with E-state index in [9.17, 15) is 4.79 Å². The summed E-state index contributed by atoms with van der Waals surface area (Å²) in [7, 11) is 1.69. The molecule has 1 fully saturated rings. The quantitative estimate of drug-likeness (QED) is 0.857. The number of carbonyl (C=O) groups is 1. The van der Waals surface area contributed by atoms with Crippen molar-refractivity contribution in [1.82, 2.24) is 9.88 Å². The topological polar surface area (TPSA) is 54.5 Å². The standard InChI is InChI=1S/C20H25N3O2S/c1-14-10-17(11-16-4-6-18(25-3)7-5-16)8-9-23(14)13-19-12-21-20(26-19)22-15(2)24/h4-7,11-12,14H,8-10,13H2,1-3H3,(H,21,22,24)/b17-11+/t14-/m1/s1. The van der Waals surface area contributed by atoms with Crippen LogP contribution in [0.1, 0.15) is 37.1 Å². The van der Waals surface area contributed by atoms with E-state index >= 15 is 0 Å². The number of methoxy groups -OCH3 is 1. The molecule has 1 N–H and O–H groups in total. The molecule has 1 atom stereocenters. The van der Waals surface area contributed by atoms with Crippen LogP contribution in [-0.2, 0) is 11.3 Å². The molecule has 1 aromatic heterocycles. The fraction of sp³-hybridized carbons (Fsp3) is 0.400. The fourth-order valence-corrected chi connectivity index (χ4v) is 4.09. The van der Waals surface area contributed by atoms with Crippen LogP contribution < -0.4 is 10.1 Å². The predicted octanol–water partition coefficient (Wildman–Crippen LogP) is 4.18. The Bertz CT molecular complexity index is 783. The van der Waals surface area contributed by atoms with Crippen molar-refractivity contribution in [2.75, 3.05) is 19.0 Å². The van der Waals surface area contributed by atoms with Gasteiger partial charge in [-0.05, 0) is 37.5 Å². The first-order valence-electron chi connectivity index (χ1n) is 8.83. The van der Waals surface area contributed by atoms with Gasteiger partial charge in [0.1, 0.15) is 5.75 Å². The van der Waals surface area contributed by atoms with Crippen LogP contribution in [-0.4, -0.2) is 35.5 Å². The highest BCUT2D eigenvalue weighted by Gasteiger charge is 2.22. The minimum atomic E-state index is -0.0782. The lowest BCUT2D eigenvalue weighted by Gasteiger charge is -2.34. The van der Waals surface area contributed by atoms with E-state index < -0.39 is 0 Å². The Labute approximate surface area is 158 Å². The first kappa shape index (κ1) is 18.6. The van der Waals surface area contributed by atoms with Crippen molar-refractivity contribution >= 4 is 28.5 Å². The number of rotatable bonds is 5. The molecule has 2 heterocycles. The molecule has 0 bridgehead atoms. The summed E-state index contributed by atoms with van der Waals surface area (Å²) in [4.78, 5) is 19.1. The Hall–Kier alpha value is -2.18. The normalized spacial score (nSPS) is 19.5. The summed E-state index contributed by atoms with van der Waals surface area (Å²) in [6.45, 7) is 5.70. The minimum Gasteiger partial charge on any atom is -0.497 e. The van der Waals surface area contributed by atoms with E-state index in [1.54, 1.807) is 18.4 Å². The van der Waals surface area contributed by atoms with Gasteiger partial charge in [-0.2, -0.15) is 0 Å². The number of amides is 1. The number of ether oxygens (including phenoxy) is 1. The zero-order valence-corrected chi connectivity index (χ0v) is 16.3. The van der Waals surface area contributed by atoms with E-state index in [1.165, 1.54) is 22.9 Å². The molecule has 0 radical (unpaired) electrons. The number of piperidine rings is 1. The Kier molecular flexibility index (Phi) is 6.06. The zero-order valence-electron chi connectivity index (χ0n) is 15.5. The van der Waals surface area contributed by atoms with Gasteiger partial charge in [-0.1, -0.05) is 23.8 Å². The number of anilines is 1. The minimum absolute atomic E-state index is 0.0782. The van der Waals surface area contributed by atoms with E-state index in [1.807, 2.05) is 18.3 Å². The number of hydrogen-bond donors (Lipinski definition) is 1. The number of carbonyl (C=O) groups excluding carboxylic acids is 1. The van der Waals surface area contributed by atoms with Gasteiger partial charge in [0.2, 0.25) is 5.91 Å². The van der Waals surface area contributed by atoms with Crippen LogP contribution in [0.25, 0.3) is 6.08 Å². The fourth-order valence-electron chi connectivity index (χ4n) is 3.21. The molecule has 26 heavy (non-hydrogen) atoms. The van der Waals surface area contributed by atoms with Gasteiger partial charge >= 0.3 is 0 Å². The van der Waals surface area contributed by atoms with Gasteiger partial charge in [-0.25, -0.2) is 4.98 Å². The zero-order chi connectivity index (χ0) is 18.5. The predicted molar refractivity (Wildman–Crippen MR) is 106 cm³/mol. The molecule has 0 spiro atoms. The van der Waals surface area contributed by atoms with Crippen molar-refractivity contribution in [2.24, 2.45) is 0 Å². The van der Waals surface area contributed by atoms with Crippen molar-refractivity contribution in [3.63, 3.8) is 0 Å². The molecule has 0 aliphatic carbocycles. The van der Waals surface area contributed by atoms with Crippen LogP contribution in [0.4, 0.5) is 5.13 Å². The largest absolute Gasteiger partial charge is 0.497 e. The molecule has 3 rings (SSSR count). The second-order valence-electron chi connectivity index (χ2n) is 6.66. The van der Waals surface area contributed by atoms with Crippen LogP contribution in [0.2, 0.25) is 0 Å². The number of benzene rings is 1. The lowest BCUT2D eigenvalue weighted by Crippen LogP contribution is -2.37. The maximum atomic E-state index is 11.1. The van der Waals surface area contributed by atoms with Crippen LogP contribution in [0.3, 0.4) is 0 Å². The smallest absolute Gasteiger partial charge is 0.223 e. The summed E-state index contributed by atoms with van der Waals surface area (Å²) in [5.74, 6) is 0.809. The van der Waals surface area contributed by atoms with E-state index in [0.717, 1.165) is 31.7 Å². The van der Waals surface area contributed by atoms with Crippen LogP contribution in [0, 0.1) is 0 Å². The molecular formula is C20H25N3O2S. The maximum Gasteiger partial charge on any atom is 0.223 e. The highest BCUT2D eigenvalue weighted by atomic mass is 32.1. The number of aromatic nitrogens is 1. The van der Waals surface area contributed by atoms with E-state index in [4.69, 9.17) is 4.74 Å². The van der Waals surface area contributed by atoms with Gasteiger partial charge in [0.05, 0.1) is 7.11 Å². The van der Waals surface area contributed by atoms with Crippen molar-refractivity contribution in [1.29, 1.82) is 0 Å². The first-order chi connectivity index (χ1) is 12.5. The Morgan fingerprint density at radius 2 is 2.19 bits per heavy atom. The monoisotopic (exact) mass is 371 g/mol. The summed E-state index contributed by atoms with van der Waals surface area (Å²) in [6.07, 6.45) is 6.32. The van der Waals surface area contributed by atoms with Gasteiger partial charge in [-0.3, -0.25) is 9.69 Å². The molecule has 2 aromatic rings. The van der Waals surface area contributed by atoms with Crippen LogP contribution >= 0.6 is 11.3 Å². The second kappa shape index (κ2) is 8.47. The average Bonchev–Trinajstić information content (AvgIpc) is 3.04. The Morgan fingerprint density at radius 1 is 1.42 bits per heavy atom. The molecule has 1 aliphatic rings. The van der Waals surface area contributed by atoms with Crippen molar-refractivity contribution < 1.29 is 9.53 Å². The van der Waals surface area contributed by atoms with Gasteiger partial charge in [-0.15, -0.1) is 11.3 Å². The SMILES string of the molecule is COc1ccc(/C=C2\CCN(Cc3cnc(NC(C)=O)s3)[C@H](C)C2)cc1. The Balaban J connectivity index is 1.58. The molecule has 5 nitrogen and oxygen atoms in total. The summed E-state index contributed by atoms with van der Waals surface area (Å²) >= 11 is 1.55.